The molecular formula is C11H18O. The van der Waals surface area contributed by atoms with E-state index in [2.05, 4.69) is 31.2 Å². The maximum absolute atomic E-state index is 8.00. The summed E-state index contributed by atoms with van der Waals surface area (Å²) in [7, 11) is 0. The van der Waals surface area contributed by atoms with E-state index in [0.717, 1.165) is 6.42 Å². The Kier molecular flexibility index (Phi) is 14.1. The van der Waals surface area contributed by atoms with Gasteiger partial charge in [0.25, 0.3) is 0 Å². The van der Waals surface area contributed by atoms with E-state index in [1.807, 2.05) is 26.7 Å². The number of hydrogen-bond donors (Lipinski definition) is 0. The molecule has 0 aliphatic carbocycles. The molecule has 1 aromatic rings. The van der Waals surface area contributed by atoms with Crippen LogP contribution in [0.3, 0.4) is 0 Å². The number of hydrogen-bond acceptors (Lipinski definition) is 1. The average molecular weight is 166 g/mol. The van der Waals surface area contributed by atoms with Crippen LogP contribution in [0.15, 0.2) is 30.3 Å². The van der Waals surface area contributed by atoms with Gasteiger partial charge in [0.15, 0.2) is 0 Å². The summed E-state index contributed by atoms with van der Waals surface area (Å²) in [5, 5.41) is 0. The van der Waals surface area contributed by atoms with Crippen LogP contribution in [0.4, 0.5) is 0 Å². The first-order valence-electron chi connectivity index (χ1n) is 4.26. The van der Waals surface area contributed by atoms with Gasteiger partial charge < -0.3 is 4.79 Å². The van der Waals surface area contributed by atoms with Gasteiger partial charge in [-0.3, -0.25) is 0 Å². The maximum Gasteiger partial charge on any atom is 0.106 e. The van der Waals surface area contributed by atoms with Crippen LogP contribution in [0.5, 0.6) is 0 Å². The fourth-order valence-corrected chi connectivity index (χ4v) is 0.714. The van der Waals surface area contributed by atoms with Gasteiger partial charge in [-0.1, -0.05) is 51.1 Å². The van der Waals surface area contributed by atoms with Gasteiger partial charge in [-0.05, 0) is 12.0 Å². The van der Waals surface area contributed by atoms with E-state index >= 15 is 0 Å². The van der Waals surface area contributed by atoms with Gasteiger partial charge in [-0.2, -0.15) is 0 Å². The summed E-state index contributed by atoms with van der Waals surface area (Å²) in [5.74, 6) is 0. The molecule has 1 nitrogen and oxygen atoms in total. The lowest BCUT2D eigenvalue weighted by atomic mass is 10.2. The highest BCUT2D eigenvalue weighted by Crippen LogP contribution is 1.96. The molecule has 0 spiro atoms. The van der Waals surface area contributed by atoms with Gasteiger partial charge in [0.1, 0.15) is 6.79 Å². The Hall–Kier alpha value is -1.11. The third-order valence-electron chi connectivity index (χ3n) is 1.25. The fourth-order valence-electron chi connectivity index (χ4n) is 0.714. The smallest absolute Gasteiger partial charge is 0.106 e. The molecular weight excluding hydrogens is 148 g/mol. The van der Waals surface area contributed by atoms with Gasteiger partial charge in [-0.15, -0.1) is 0 Å². The van der Waals surface area contributed by atoms with E-state index in [1.165, 1.54) is 5.56 Å². The lowest BCUT2D eigenvalue weighted by Crippen LogP contribution is -1.73. The minimum atomic E-state index is 1.14. The number of benzene rings is 1. The van der Waals surface area contributed by atoms with Crippen molar-refractivity contribution in [3.63, 3.8) is 0 Å². The van der Waals surface area contributed by atoms with Crippen LogP contribution in [-0.2, 0) is 11.2 Å². The zero-order valence-electron chi connectivity index (χ0n) is 8.21. The van der Waals surface area contributed by atoms with Crippen molar-refractivity contribution in [2.45, 2.75) is 27.2 Å². The van der Waals surface area contributed by atoms with E-state index in [9.17, 15) is 0 Å². The normalized spacial score (nSPS) is 6.92. The van der Waals surface area contributed by atoms with Crippen molar-refractivity contribution in [3.8, 4) is 0 Å². The molecule has 0 fully saturated rings. The van der Waals surface area contributed by atoms with E-state index in [1.54, 1.807) is 0 Å². The van der Waals surface area contributed by atoms with Crippen molar-refractivity contribution >= 4 is 6.79 Å². The maximum atomic E-state index is 8.00. The summed E-state index contributed by atoms with van der Waals surface area (Å²) >= 11 is 0. The van der Waals surface area contributed by atoms with Crippen molar-refractivity contribution in [3.05, 3.63) is 35.9 Å². The second-order valence-corrected chi connectivity index (χ2v) is 1.84. The molecule has 0 aliphatic heterocycles. The minimum absolute atomic E-state index is 1.14. The summed E-state index contributed by atoms with van der Waals surface area (Å²) in [6, 6.07) is 10.5. The van der Waals surface area contributed by atoms with Crippen LogP contribution in [0, 0.1) is 0 Å². The van der Waals surface area contributed by atoms with Crippen molar-refractivity contribution in [2.24, 2.45) is 0 Å². The average Bonchev–Trinajstić information content (AvgIpc) is 2.25. The summed E-state index contributed by atoms with van der Waals surface area (Å²) in [6.45, 7) is 8.16. The molecule has 68 valence electrons. The van der Waals surface area contributed by atoms with Gasteiger partial charge in [0.2, 0.25) is 0 Å². The van der Waals surface area contributed by atoms with Gasteiger partial charge >= 0.3 is 0 Å². The molecule has 0 N–H and O–H groups in total. The number of carbonyl (C=O) groups is 1. The van der Waals surface area contributed by atoms with Crippen LogP contribution in [-0.4, -0.2) is 6.79 Å². The SMILES string of the molecule is C=O.CC.CCc1ccccc1. The molecule has 0 unspecified atom stereocenters. The predicted molar refractivity (Wildman–Crippen MR) is 54.3 cm³/mol. The van der Waals surface area contributed by atoms with Crippen LogP contribution >= 0.6 is 0 Å². The lowest BCUT2D eigenvalue weighted by molar-refractivity contribution is -0.0979. The number of rotatable bonds is 1. The van der Waals surface area contributed by atoms with Crippen molar-refractivity contribution < 1.29 is 4.79 Å². The fraction of sp³-hybridized carbons (Fsp3) is 0.364. The van der Waals surface area contributed by atoms with Crippen LogP contribution in [0.1, 0.15) is 26.3 Å². The van der Waals surface area contributed by atoms with Crippen LogP contribution < -0.4 is 0 Å². The lowest BCUT2D eigenvalue weighted by Gasteiger charge is -1.89. The van der Waals surface area contributed by atoms with Crippen LogP contribution in [0.25, 0.3) is 0 Å². The Morgan fingerprint density at radius 3 is 1.75 bits per heavy atom. The highest BCUT2D eigenvalue weighted by atomic mass is 16.1. The van der Waals surface area contributed by atoms with Gasteiger partial charge in [0.05, 0.1) is 0 Å². The summed E-state index contributed by atoms with van der Waals surface area (Å²) in [5.41, 5.74) is 1.41. The van der Waals surface area contributed by atoms with Crippen molar-refractivity contribution in [2.75, 3.05) is 0 Å². The number of aryl methyl sites for hydroxylation is 1. The Morgan fingerprint density at radius 1 is 1.08 bits per heavy atom. The first-order chi connectivity index (χ1) is 5.93. The molecule has 1 heteroatoms. The molecule has 0 radical (unpaired) electrons. The molecule has 0 aliphatic rings. The summed E-state index contributed by atoms with van der Waals surface area (Å²) in [6.07, 6.45) is 1.14. The van der Waals surface area contributed by atoms with E-state index < -0.39 is 0 Å². The largest absolute Gasteiger partial charge is 0.307 e. The molecule has 0 aromatic heterocycles. The number of carbonyl (C=O) groups excluding carboxylic acids is 1. The molecule has 1 aromatic carbocycles. The second-order valence-electron chi connectivity index (χ2n) is 1.84. The Balaban J connectivity index is 0. The molecule has 0 heterocycles. The minimum Gasteiger partial charge on any atom is -0.307 e. The quantitative estimate of drug-likeness (QED) is 0.626. The van der Waals surface area contributed by atoms with E-state index in [4.69, 9.17) is 4.79 Å². The first kappa shape index (κ1) is 13.5. The highest BCUT2D eigenvalue weighted by molar-refractivity contribution is 5.13. The Bertz CT molecular complexity index is 158. The first-order valence-corrected chi connectivity index (χ1v) is 4.26. The Labute approximate surface area is 75.4 Å². The zero-order valence-corrected chi connectivity index (χ0v) is 8.21. The van der Waals surface area contributed by atoms with E-state index in [0.29, 0.717) is 0 Å². The Morgan fingerprint density at radius 2 is 1.50 bits per heavy atom. The topological polar surface area (TPSA) is 17.1 Å². The highest BCUT2D eigenvalue weighted by Gasteiger charge is 1.79. The van der Waals surface area contributed by atoms with Crippen molar-refractivity contribution in [1.29, 1.82) is 0 Å². The molecule has 0 bridgehead atoms. The molecule has 0 atom stereocenters. The van der Waals surface area contributed by atoms with Gasteiger partial charge in [0, 0.05) is 0 Å². The molecule has 0 amide bonds. The standard InChI is InChI=1S/C8H10.C2H6.CH2O/c1-2-8-6-4-3-5-7-8;2*1-2/h3-7H,2H2,1H3;1-2H3;1H2. The third kappa shape index (κ3) is 7.00. The summed E-state index contributed by atoms with van der Waals surface area (Å²) in [4.78, 5) is 8.00. The van der Waals surface area contributed by atoms with E-state index in [-0.39, 0.29) is 0 Å². The monoisotopic (exact) mass is 166 g/mol. The van der Waals surface area contributed by atoms with Crippen molar-refractivity contribution in [1.82, 2.24) is 0 Å². The third-order valence-corrected chi connectivity index (χ3v) is 1.25. The molecule has 1 rings (SSSR count). The molecule has 12 heavy (non-hydrogen) atoms. The molecule has 0 saturated carbocycles. The second kappa shape index (κ2) is 12.6. The van der Waals surface area contributed by atoms with Gasteiger partial charge in [-0.25, -0.2) is 0 Å². The predicted octanol–water partition coefficient (Wildman–Crippen LogP) is 3.09. The molecule has 0 saturated heterocycles. The zero-order chi connectivity index (χ0) is 9.82. The van der Waals surface area contributed by atoms with Crippen LogP contribution in [0.2, 0.25) is 0 Å². The summed E-state index contributed by atoms with van der Waals surface area (Å²) < 4.78 is 0.